The first kappa shape index (κ1) is 13.7. The van der Waals surface area contributed by atoms with Crippen LogP contribution in [0.3, 0.4) is 0 Å². The Balaban J connectivity index is 2.03. The van der Waals surface area contributed by atoms with Crippen molar-refractivity contribution in [2.45, 2.75) is 6.92 Å². The maximum atomic E-state index is 11.8. The maximum absolute atomic E-state index is 11.8. The lowest BCUT2D eigenvalue weighted by molar-refractivity contribution is -0.111. The summed E-state index contributed by atoms with van der Waals surface area (Å²) in [4.78, 5) is 19.9. The van der Waals surface area contributed by atoms with Gasteiger partial charge >= 0.3 is 0 Å². The Bertz CT molecular complexity index is 597. The van der Waals surface area contributed by atoms with Gasteiger partial charge in [-0.2, -0.15) is 0 Å². The molecule has 0 spiro atoms. The minimum atomic E-state index is -0.247. The average molecular weight is 269 g/mol. The number of carbonyl (C=O) groups excluding carboxylic acids is 1. The maximum Gasteiger partial charge on any atom is 0.248 e. The van der Waals surface area contributed by atoms with Gasteiger partial charge in [0.15, 0.2) is 0 Å². The molecular weight excluding hydrogens is 254 g/mol. The molecule has 102 valence electrons. The Morgan fingerprint density at radius 1 is 1.35 bits per heavy atom. The summed E-state index contributed by atoms with van der Waals surface area (Å²) in [5.41, 5.74) is 1.41. The fourth-order valence-electron chi connectivity index (χ4n) is 1.56. The molecule has 0 saturated heterocycles. The predicted octanol–water partition coefficient (Wildman–Crippen LogP) is 2.53. The van der Waals surface area contributed by atoms with Crippen LogP contribution in [-0.2, 0) is 4.79 Å². The van der Waals surface area contributed by atoms with Crippen molar-refractivity contribution in [3.8, 4) is 5.88 Å². The predicted molar refractivity (Wildman–Crippen MR) is 77.3 cm³/mol. The third-order valence-electron chi connectivity index (χ3n) is 2.42. The van der Waals surface area contributed by atoms with Crippen LogP contribution in [0, 0.1) is 0 Å². The number of nitrogens with one attached hydrogen (secondary N) is 1. The normalized spacial score (nSPS) is 10.4. The zero-order valence-electron chi connectivity index (χ0n) is 11.1. The molecule has 20 heavy (non-hydrogen) atoms. The van der Waals surface area contributed by atoms with E-state index < -0.39 is 0 Å². The molecule has 5 nitrogen and oxygen atoms in total. The van der Waals surface area contributed by atoms with Gasteiger partial charge in [0.1, 0.15) is 5.69 Å². The number of rotatable bonds is 5. The lowest BCUT2D eigenvalue weighted by atomic mass is 10.2. The Hall–Kier alpha value is -2.69. The van der Waals surface area contributed by atoms with Gasteiger partial charge in [0, 0.05) is 24.7 Å². The second-order valence-corrected chi connectivity index (χ2v) is 3.90. The van der Waals surface area contributed by atoms with Crippen molar-refractivity contribution in [1.29, 1.82) is 0 Å². The second kappa shape index (κ2) is 7.04. The summed E-state index contributed by atoms with van der Waals surface area (Å²) in [5.74, 6) is 0.168. The molecule has 2 rings (SSSR count). The van der Waals surface area contributed by atoms with Gasteiger partial charge in [0.05, 0.1) is 6.61 Å². The SMILES string of the molecule is CCOc1ncccc1NC(=O)/C=C/c1cccnc1. The number of anilines is 1. The number of amides is 1. The third-order valence-corrected chi connectivity index (χ3v) is 2.42. The molecule has 0 atom stereocenters. The van der Waals surface area contributed by atoms with Crippen molar-refractivity contribution in [3.05, 3.63) is 54.5 Å². The molecular formula is C15H15N3O2. The first-order valence-electron chi connectivity index (χ1n) is 6.26. The summed E-state index contributed by atoms with van der Waals surface area (Å²) in [5, 5.41) is 2.73. The highest BCUT2D eigenvalue weighted by molar-refractivity contribution is 6.02. The topological polar surface area (TPSA) is 64.1 Å². The fraction of sp³-hybridized carbons (Fsp3) is 0.133. The number of pyridine rings is 2. The molecule has 1 N–H and O–H groups in total. The first-order valence-corrected chi connectivity index (χ1v) is 6.26. The van der Waals surface area contributed by atoms with Gasteiger partial charge in [-0.05, 0) is 36.8 Å². The van der Waals surface area contributed by atoms with Gasteiger partial charge in [-0.1, -0.05) is 6.07 Å². The molecule has 0 saturated carbocycles. The summed E-state index contributed by atoms with van der Waals surface area (Å²) in [6.07, 6.45) is 8.12. The molecule has 2 heterocycles. The molecule has 0 radical (unpaired) electrons. The van der Waals surface area contributed by atoms with Crippen molar-refractivity contribution < 1.29 is 9.53 Å². The van der Waals surface area contributed by atoms with Crippen molar-refractivity contribution >= 4 is 17.7 Å². The lowest BCUT2D eigenvalue weighted by Gasteiger charge is -2.08. The largest absolute Gasteiger partial charge is 0.476 e. The van der Waals surface area contributed by atoms with Crippen LogP contribution in [0.5, 0.6) is 5.88 Å². The number of aromatic nitrogens is 2. The van der Waals surface area contributed by atoms with Gasteiger partial charge in [0.25, 0.3) is 0 Å². The minimum absolute atomic E-state index is 0.247. The second-order valence-electron chi connectivity index (χ2n) is 3.90. The summed E-state index contributed by atoms with van der Waals surface area (Å²) in [6, 6.07) is 7.16. The highest BCUT2D eigenvalue weighted by Gasteiger charge is 2.05. The van der Waals surface area contributed by atoms with Crippen molar-refractivity contribution in [1.82, 2.24) is 9.97 Å². The molecule has 0 bridgehead atoms. The van der Waals surface area contributed by atoms with E-state index >= 15 is 0 Å². The Morgan fingerprint density at radius 3 is 2.95 bits per heavy atom. The van der Waals surface area contributed by atoms with Crippen LogP contribution >= 0.6 is 0 Å². The van der Waals surface area contributed by atoms with E-state index in [1.807, 2.05) is 19.1 Å². The summed E-state index contributed by atoms with van der Waals surface area (Å²) in [6.45, 7) is 2.36. The molecule has 5 heteroatoms. The van der Waals surface area contributed by atoms with Crippen LogP contribution in [0.15, 0.2) is 48.9 Å². The van der Waals surface area contributed by atoms with Gasteiger partial charge in [-0.3, -0.25) is 9.78 Å². The molecule has 1 amide bonds. The summed E-state index contributed by atoms with van der Waals surface area (Å²) >= 11 is 0. The molecule has 0 fully saturated rings. The number of hydrogen-bond donors (Lipinski definition) is 1. The number of nitrogens with zero attached hydrogens (tertiary/aromatic N) is 2. The summed E-state index contributed by atoms with van der Waals surface area (Å²) < 4.78 is 5.34. The van der Waals surface area contributed by atoms with E-state index in [2.05, 4.69) is 15.3 Å². The number of ether oxygens (including phenoxy) is 1. The van der Waals surface area contributed by atoms with Gasteiger partial charge in [-0.15, -0.1) is 0 Å². The standard InChI is InChI=1S/C15H15N3O2/c1-2-20-15-13(6-4-10-17-15)18-14(19)8-7-12-5-3-9-16-11-12/h3-11H,2H2,1H3,(H,18,19)/b8-7+. The van der Waals surface area contributed by atoms with Crippen LogP contribution in [0.4, 0.5) is 5.69 Å². The summed E-state index contributed by atoms with van der Waals surface area (Å²) in [7, 11) is 0. The van der Waals surface area contributed by atoms with Crippen molar-refractivity contribution in [2.75, 3.05) is 11.9 Å². The Kier molecular flexibility index (Phi) is 4.83. The van der Waals surface area contributed by atoms with Crippen LogP contribution in [0.2, 0.25) is 0 Å². The zero-order chi connectivity index (χ0) is 14.2. The Morgan fingerprint density at radius 2 is 2.20 bits per heavy atom. The minimum Gasteiger partial charge on any atom is -0.476 e. The molecule has 2 aromatic rings. The van der Waals surface area contributed by atoms with E-state index in [-0.39, 0.29) is 5.91 Å². The average Bonchev–Trinajstić information content (AvgIpc) is 2.49. The van der Waals surface area contributed by atoms with E-state index in [1.54, 1.807) is 36.8 Å². The Labute approximate surface area is 117 Å². The van der Waals surface area contributed by atoms with Gasteiger partial charge < -0.3 is 10.1 Å². The van der Waals surface area contributed by atoms with Crippen molar-refractivity contribution in [2.24, 2.45) is 0 Å². The van der Waals surface area contributed by atoms with E-state index in [0.717, 1.165) is 5.56 Å². The van der Waals surface area contributed by atoms with E-state index in [9.17, 15) is 4.79 Å². The quantitative estimate of drug-likeness (QED) is 0.847. The molecule has 0 aliphatic rings. The van der Waals surface area contributed by atoms with Gasteiger partial charge in [0.2, 0.25) is 11.8 Å². The smallest absolute Gasteiger partial charge is 0.248 e. The van der Waals surface area contributed by atoms with Crippen LogP contribution < -0.4 is 10.1 Å². The molecule has 0 aliphatic carbocycles. The third kappa shape index (κ3) is 3.91. The highest BCUT2D eigenvalue weighted by atomic mass is 16.5. The molecule has 2 aromatic heterocycles. The van der Waals surface area contributed by atoms with Crippen LogP contribution in [-0.4, -0.2) is 22.5 Å². The number of hydrogen-bond acceptors (Lipinski definition) is 4. The molecule has 0 unspecified atom stereocenters. The first-order chi connectivity index (χ1) is 9.79. The van der Waals surface area contributed by atoms with E-state index in [1.165, 1.54) is 6.08 Å². The molecule has 0 aliphatic heterocycles. The zero-order valence-corrected chi connectivity index (χ0v) is 11.1. The lowest BCUT2D eigenvalue weighted by Crippen LogP contribution is -2.10. The van der Waals surface area contributed by atoms with Gasteiger partial charge in [-0.25, -0.2) is 4.98 Å². The van der Waals surface area contributed by atoms with Crippen LogP contribution in [0.1, 0.15) is 12.5 Å². The molecule has 0 aromatic carbocycles. The fourth-order valence-corrected chi connectivity index (χ4v) is 1.56. The monoisotopic (exact) mass is 269 g/mol. The van der Waals surface area contributed by atoms with E-state index in [4.69, 9.17) is 4.74 Å². The number of carbonyl (C=O) groups is 1. The van der Waals surface area contributed by atoms with Crippen LogP contribution in [0.25, 0.3) is 6.08 Å². The highest BCUT2D eigenvalue weighted by Crippen LogP contribution is 2.20. The van der Waals surface area contributed by atoms with Crippen molar-refractivity contribution in [3.63, 3.8) is 0 Å². The van der Waals surface area contributed by atoms with E-state index in [0.29, 0.717) is 18.2 Å².